The van der Waals surface area contributed by atoms with Crippen LogP contribution in [0.2, 0.25) is 0 Å². The average Bonchev–Trinajstić information content (AvgIpc) is 2.53. The SMILES string of the molecule is C[C@H](NC(=O)[C@@H]([NH3+])CC(=O)[O-])C(=O)Nc1ccc2ccccc2c1. The number of hydrogen-bond donors (Lipinski definition) is 3. The van der Waals surface area contributed by atoms with Gasteiger partial charge < -0.3 is 26.3 Å². The Morgan fingerprint density at radius 3 is 2.42 bits per heavy atom. The van der Waals surface area contributed by atoms with Gasteiger partial charge in [0.2, 0.25) is 5.91 Å². The van der Waals surface area contributed by atoms with E-state index in [9.17, 15) is 19.5 Å². The molecule has 7 nitrogen and oxygen atoms in total. The number of carbonyl (C=O) groups excluding carboxylic acids is 3. The fourth-order valence-corrected chi connectivity index (χ4v) is 2.21. The topological polar surface area (TPSA) is 126 Å². The molecule has 7 heteroatoms. The number of benzene rings is 2. The van der Waals surface area contributed by atoms with Crippen LogP contribution in [0.3, 0.4) is 0 Å². The van der Waals surface area contributed by atoms with Crippen molar-refractivity contribution in [1.82, 2.24) is 5.32 Å². The van der Waals surface area contributed by atoms with Crippen molar-refractivity contribution >= 4 is 34.2 Å². The Morgan fingerprint density at radius 2 is 1.75 bits per heavy atom. The number of carboxylic acids is 1. The highest BCUT2D eigenvalue weighted by Crippen LogP contribution is 2.18. The zero-order valence-corrected chi connectivity index (χ0v) is 13.2. The Labute approximate surface area is 138 Å². The minimum atomic E-state index is -1.36. The third-order valence-electron chi connectivity index (χ3n) is 3.55. The van der Waals surface area contributed by atoms with Gasteiger partial charge in [-0.3, -0.25) is 9.59 Å². The lowest BCUT2D eigenvalue weighted by molar-refractivity contribution is -0.408. The van der Waals surface area contributed by atoms with Crippen LogP contribution in [0, 0.1) is 0 Å². The molecule has 0 spiro atoms. The van der Waals surface area contributed by atoms with E-state index >= 15 is 0 Å². The van der Waals surface area contributed by atoms with E-state index in [1.54, 1.807) is 6.07 Å². The lowest BCUT2D eigenvalue weighted by Crippen LogP contribution is -2.69. The second-order valence-corrected chi connectivity index (χ2v) is 5.55. The molecule has 0 saturated carbocycles. The van der Waals surface area contributed by atoms with Gasteiger partial charge in [0.15, 0.2) is 6.04 Å². The first kappa shape index (κ1) is 17.4. The van der Waals surface area contributed by atoms with E-state index in [1.807, 2.05) is 36.4 Å². The predicted octanol–water partition coefficient (Wildman–Crippen LogP) is -0.966. The standard InChI is InChI=1S/C17H19N3O4/c1-10(19-17(24)14(18)9-15(21)22)16(23)20-13-7-6-11-4-2-3-5-12(11)8-13/h2-8,10,14H,9,18H2,1H3,(H,19,24)(H,20,23)(H,21,22)/t10-,14-/m0/s1. The number of nitrogens with one attached hydrogen (secondary N) is 2. The maximum atomic E-state index is 12.2. The van der Waals surface area contributed by atoms with Gasteiger partial charge in [-0.05, 0) is 29.8 Å². The van der Waals surface area contributed by atoms with E-state index in [0.717, 1.165) is 10.8 Å². The molecular weight excluding hydrogens is 310 g/mol. The van der Waals surface area contributed by atoms with Crippen molar-refractivity contribution in [3.05, 3.63) is 42.5 Å². The monoisotopic (exact) mass is 329 g/mol. The molecule has 2 rings (SSSR count). The molecule has 126 valence electrons. The van der Waals surface area contributed by atoms with E-state index in [0.29, 0.717) is 5.69 Å². The summed E-state index contributed by atoms with van der Waals surface area (Å²) in [5.41, 5.74) is 4.06. The van der Waals surface area contributed by atoms with Crippen LogP contribution in [0.4, 0.5) is 5.69 Å². The molecule has 0 aromatic heterocycles. The van der Waals surface area contributed by atoms with Crippen molar-refractivity contribution in [2.24, 2.45) is 0 Å². The normalized spacial score (nSPS) is 13.1. The largest absolute Gasteiger partial charge is 0.550 e. The summed E-state index contributed by atoms with van der Waals surface area (Å²) in [6, 6.07) is 11.4. The zero-order chi connectivity index (χ0) is 17.7. The zero-order valence-electron chi connectivity index (χ0n) is 13.2. The van der Waals surface area contributed by atoms with Gasteiger partial charge in [-0.25, -0.2) is 0 Å². The van der Waals surface area contributed by atoms with Gasteiger partial charge in [-0.1, -0.05) is 30.3 Å². The van der Waals surface area contributed by atoms with E-state index in [-0.39, 0.29) is 0 Å². The third-order valence-corrected chi connectivity index (χ3v) is 3.55. The molecule has 0 saturated heterocycles. The van der Waals surface area contributed by atoms with Gasteiger partial charge in [0.1, 0.15) is 6.04 Å². The van der Waals surface area contributed by atoms with Crippen molar-refractivity contribution in [2.75, 3.05) is 5.32 Å². The van der Waals surface area contributed by atoms with Crippen LogP contribution < -0.4 is 21.5 Å². The molecule has 0 bridgehead atoms. The van der Waals surface area contributed by atoms with Crippen molar-refractivity contribution in [3.8, 4) is 0 Å². The maximum absolute atomic E-state index is 12.2. The number of anilines is 1. The Morgan fingerprint density at radius 1 is 1.08 bits per heavy atom. The first-order valence-electron chi connectivity index (χ1n) is 7.50. The molecule has 24 heavy (non-hydrogen) atoms. The van der Waals surface area contributed by atoms with Crippen molar-refractivity contribution in [3.63, 3.8) is 0 Å². The number of carboxylic acid groups (broad SMARTS) is 1. The molecular formula is C17H19N3O4. The minimum Gasteiger partial charge on any atom is -0.550 e. The van der Waals surface area contributed by atoms with E-state index < -0.39 is 36.3 Å². The quantitative estimate of drug-likeness (QED) is 0.630. The average molecular weight is 329 g/mol. The lowest BCUT2D eigenvalue weighted by Gasteiger charge is -2.16. The number of amides is 2. The minimum absolute atomic E-state index is 0.403. The summed E-state index contributed by atoms with van der Waals surface area (Å²) in [5.74, 6) is -2.38. The predicted molar refractivity (Wildman–Crippen MR) is 86.5 cm³/mol. The summed E-state index contributed by atoms with van der Waals surface area (Å²) < 4.78 is 0. The number of carbonyl (C=O) groups is 3. The molecule has 2 amide bonds. The molecule has 2 aromatic carbocycles. The lowest BCUT2D eigenvalue weighted by atomic mass is 10.1. The molecule has 0 aliphatic heterocycles. The van der Waals surface area contributed by atoms with Crippen LogP contribution in [0.1, 0.15) is 13.3 Å². The molecule has 5 N–H and O–H groups in total. The molecule has 0 heterocycles. The van der Waals surface area contributed by atoms with Crippen LogP contribution in [0.15, 0.2) is 42.5 Å². The summed E-state index contributed by atoms with van der Waals surface area (Å²) in [6.07, 6.45) is -0.495. The maximum Gasteiger partial charge on any atom is 0.279 e. The van der Waals surface area contributed by atoms with Gasteiger partial charge >= 0.3 is 0 Å². The summed E-state index contributed by atoms with van der Waals surface area (Å²) >= 11 is 0. The van der Waals surface area contributed by atoms with Gasteiger partial charge in [-0.2, -0.15) is 0 Å². The number of hydrogen-bond acceptors (Lipinski definition) is 4. The van der Waals surface area contributed by atoms with E-state index in [2.05, 4.69) is 16.4 Å². The van der Waals surface area contributed by atoms with Crippen LogP contribution in [0.25, 0.3) is 10.8 Å². The molecule has 0 aliphatic carbocycles. The van der Waals surface area contributed by atoms with E-state index in [4.69, 9.17) is 0 Å². The van der Waals surface area contributed by atoms with Gasteiger partial charge in [0, 0.05) is 18.1 Å². The van der Waals surface area contributed by atoms with Crippen molar-refractivity contribution < 1.29 is 25.2 Å². The van der Waals surface area contributed by atoms with Crippen LogP contribution >= 0.6 is 0 Å². The molecule has 0 radical (unpaired) electrons. The van der Waals surface area contributed by atoms with Crippen molar-refractivity contribution in [2.45, 2.75) is 25.4 Å². The highest BCUT2D eigenvalue weighted by molar-refractivity contribution is 5.99. The van der Waals surface area contributed by atoms with Crippen molar-refractivity contribution in [1.29, 1.82) is 0 Å². The second kappa shape index (κ2) is 7.56. The fourth-order valence-electron chi connectivity index (χ4n) is 2.21. The molecule has 0 unspecified atom stereocenters. The summed E-state index contributed by atoms with van der Waals surface area (Å²) in [7, 11) is 0. The van der Waals surface area contributed by atoms with Crippen LogP contribution in [0.5, 0.6) is 0 Å². The summed E-state index contributed by atoms with van der Waals surface area (Å²) in [4.78, 5) is 34.4. The Balaban J connectivity index is 1.97. The first-order chi connectivity index (χ1) is 11.4. The molecule has 0 aliphatic rings. The number of quaternary nitrogens is 1. The van der Waals surface area contributed by atoms with Gasteiger partial charge in [0.05, 0.1) is 0 Å². The number of aliphatic carboxylic acids is 1. The van der Waals surface area contributed by atoms with Crippen LogP contribution in [-0.4, -0.2) is 29.9 Å². The molecule has 0 fully saturated rings. The molecule has 2 atom stereocenters. The third kappa shape index (κ3) is 4.53. The van der Waals surface area contributed by atoms with E-state index in [1.165, 1.54) is 6.92 Å². The molecule has 2 aromatic rings. The Hall–Kier alpha value is -2.93. The first-order valence-corrected chi connectivity index (χ1v) is 7.50. The fraction of sp³-hybridized carbons (Fsp3) is 0.235. The van der Waals surface area contributed by atoms with Crippen LogP contribution in [-0.2, 0) is 14.4 Å². The Bertz CT molecular complexity index is 775. The number of rotatable bonds is 6. The summed E-state index contributed by atoms with van der Waals surface area (Å²) in [6.45, 7) is 1.51. The number of fused-ring (bicyclic) bond motifs is 1. The summed E-state index contributed by atoms with van der Waals surface area (Å²) in [5, 5.41) is 17.7. The van der Waals surface area contributed by atoms with Gasteiger partial charge in [-0.15, -0.1) is 0 Å². The Kier molecular flexibility index (Phi) is 5.49. The highest BCUT2D eigenvalue weighted by atomic mass is 16.4. The second-order valence-electron chi connectivity index (χ2n) is 5.55. The highest BCUT2D eigenvalue weighted by Gasteiger charge is 2.22. The van der Waals surface area contributed by atoms with Gasteiger partial charge in [0.25, 0.3) is 5.91 Å². The smallest absolute Gasteiger partial charge is 0.279 e.